The Labute approximate surface area is 176 Å². The van der Waals surface area contributed by atoms with Gasteiger partial charge in [-0.2, -0.15) is 0 Å². The van der Waals surface area contributed by atoms with Gasteiger partial charge in [0.1, 0.15) is 6.10 Å². The van der Waals surface area contributed by atoms with Crippen molar-refractivity contribution in [1.29, 1.82) is 0 Å². The molecule has 2 heterocycles. The molecule has 154 valence electrons. The van der Waals surface area contributed by atoms with E-state index in [1.165, 1.54) is 0 Å². The van der Waals surface area contributed by atoms with Crippen LogP contribution in [-0.2, 0) is 9.47 Å². The van der Waals surface area contributed by atoms with Gasteiger partial charge in [-0.15, -0.1) is 24.0 Å². The maximum absolute atomic E-state index is 9.32. The molecular weight excluding hydrogens is 445 g/mol. The number of rotatable bonds is 8. The zero-order valence-corrected chi connectivity index (χ0v) is 19.0. The molecule has 2 aliphatic heterocycles. The van der Waals surface area contributed by atoms with Crippen LogP contribution >= 0.6 is 24.0 Å². The van der Waals surface area contributed by atoms with Crippen LogP contribution in [0.25, 0.3) is 0 Å². The number of hydrogen-bond acceptors (Lipinski definition) is 4. The molecular formula is C19H38IN3O3. The molecule has 0 bridgehead atoms. The third kappa shape index (κ3) is 7.86. The van der Waals surface area contributed by atoms with E-state index >= 15 is 0 Å². The molecule has 0 spiro atoms. The Kier molecular flexibility index (Phi) is 12.1. The lowest BCUT2D eigenvalue weighted by Crippen LogP contribution is -2.53. The number of guanidine groups is 1. The van der Waals surface area contributed by atoms with Gasteiger partial charge in [-0.3, -0.25) is 4.99 Å². The van der Waals surface area contributed by atoms with Crippen molar-refractivity contribution in [2.45, 2.75) is 58.7 Å². The Morgan fingerprint density at radius 1 is 1.27 bits per heavy atom. The molecule has 2 rings (SSSR count). The van der Waals surface area contributed by atoms with Gasteiger partial charge in [0.25, 0.3) is 0 Å². The quantitative estimate of drug-likeness (QED) is 0.316. The van der Waals surface area contributed by atoms with Gasteiger partial charge in [0.15, 0.2) is 5.96 Å². The monoisotopic (exact) mass is 483 g/mol. The van der Waals surface area contributed by atoms with Gasteiger partial charge in [-0.25, -0.2) is 0 Å². The molecule has 3 atom stereocenters. The topological polar surface area (TPSA) is 66.3 Å². The number of ether oxygens (including phenoxy) is 2. The molecule has 2 N–H and O–H groups in total. The highest BCUT2D eigenvalue weighted by Crippen LogP contribution is 2.21. The number of halogens is 1. The molecule has 2 aliphatic rings. The summed E-state index contributed by atoms with van der Waals surface area (Å²) in [5.41, 5.74) is 0. The molecule has 0 aliphatic carbocycles. The van der Waals surface area contributed by atoms with Gasteiger partial charge in [0.05, 0.1) is 12.7 Å². The first-order valence-electron chi connectivity index (χ1n) is 10.0. The number of aliphatic hydroxyl groups is 1. The SMILES string of the molecule is CCNC(=NCC(CCO)CC(C)C)N1CCOC(C2CCCO2)C1.I. The van der Waals surface area contributed by atoms with Crippen LogP contribution in [0.4, 0.5) is 0 Å². The first-order valence-corrected chi connectivity index (χ1v) is 10.0. The number of morpholine rings is 1. The van der Waals surface area contributed by atoms with Crippen molar-refractivity contribution in [3.8, 4) is 0 Å². The Hall–Kier alpha value is -0.120. The highest BCUT2D eigenvalue weighted by Gasteiger charge is 2.32. The predicted molar refractivity (Wildman–Crippen MR) is 116 cm³/mol. The first-order chi connectivity index (χ1) is 12.1. The number of hydrogen-bond donors (Lipinski definition) is 2. The highest BCUT2D eigenvalue weighted by molar-refractivity contribution is 14.0. The average molecular weight is 483 g/mol. The lowest BCUT2D eigenvalue weighted by atomic mass is 9.94. The number of nitrogens with zero attached hydrogens (tertiary/aromatic N) is 2. The van der Waals surface area contributed by atoms with E-state index in [2.05, 4.69) is 31.0 Å². The largest absolute Gasteiger partial charge is 0.396 e. The minimum absolute atomic E-state index is 0. The summed E-state index contributed by atoms with van der Waals surface area (Å²) in [5, 5.41) is 12.7. The molecule has 26 heavy (non-hydrogen) atoms. The van der Waals surface area contributed by atoms with E-state index in [1.807, 2.05) is 0 Å². The summed E-state index contributed by atoms with van der Waals surface area (Å²) in [6, 6.07) is 0. The van der Waals surface area contributed by atoms with Crippen LogP contribution < -0.4 is 5.32 Å². The van der Waals surface area contributed by atoms with E-state index in [0.717, 1.165) is 71.0 Å². The zero-order chi connectivity index (χ0) is 18.1. The van der Waals surface area contributed by atoms with Gasteiger partial charge < -0.3 is 24.8 Å². The minimum atomic E-state index is 0. The summed E-state index contributed by atoms with van der Waals surface area (Å²) in [4.78, 5) is 7.20. The maximum Gasteiger partial charge on any atom is 0.194 e. The van der Waals surface area contributed by atoms with Crippen LogP contribution in [0.5, 0.6) is 0 Å². The molecule has 0 radical (unpaired) electrons. The lowest BCUT2D eigenvalue weighted by molar-refractivity contribution is -0.0817. The normalized spacial score (nSPS) is 25.3. The number of aliphatic hydroxyl groups excluding tert-OH is 1. The van der Waals surface area contributed by atoms with Crippen molar-refractivity contribution in [2.24, 2.45) is 16.8 Å². The molecule has 3 unspecified atom stereocenters. The number of nitrogens with one attached hydrogen (secondary N) is 1. The second kappa shape index (κ2) is 13.1. The highest BCUT2D eigenvalue weighted by atomic mass is 127. The summed E-state index contributed by atoms with van der Waals surface area (Å²) in [6.07, 6.45) is 4.53. The van der Waals surface area contributed by atoms with Crippen LogP contribution in [0.15, 0.2) is 4.99 Å². The van der Waals surface area contributed by atoms with Gasteiger partial charge >= 0.3 is 0 Å². The van der Waals surface area contributed by atoms with E-state index in [9.17, 15) is 5.11 Å². The second-order valence-electron chi connectivity index (χ2n) is 7.61. The Morgan fingerprint density at radius 3 is 2.65 bits per heavy atom. The van der Waals surface area contributed by atoms with Crippen molar-refractivity contribution in [3.05, 3.63) is 0 Å². The summed E-state index contributed by atoms with van der Waals surface area (Å²) in [6.45, 7) is 11.7. The third-order valence-corrected chi connectivity index (χ3v) is 4.95. The minimum Gasteiger partial charge on any atom is -0.396 e. The van der Waals surface area contributed by atoms with E-state index in [1.54, 1.807) is 0 Å². The fourth-order valence-electron chi connectivity index (χ4n) is 3.76. The van der Waals surface area contributed by atoms with Gasteiger partial charge in [-0.05, 0) is 44.4 Å². The molecule has 0 saturated carbocycles. The smallest absolute Gasteiger partial charge is 0.194 e. The van der Waals surface area contributed by atoms with Crippen molar-refractivity contribution in [2.75, 3.05) is 46.0 Å². The van der Waals surface area contributed by atoms with E-state index < -0.39 is 0 Å². The summed E-state index contributed by atoms with van der Waals surface area (Å²) >= 11 is 0. The molecule has 0 amide bonds. The Bertz CT molecular complexity index is 403. The molecule has 6 nitrogen and oxygen atoms in total. The predicted octanol–water partition coefficient (Wildman–Crippen LogP) is 2.49. The fourth-order valence-corrected chi connectivity index (χ4v) is 3.76. The first kappa shape index (κ1) is 23.9. The fraction of sp³-hybridized carbons (Fsp3) is 0.947. The van der Waals surface area contributed by atoms with Crippen LogP contribution in [-0.4, -0.2) is 74.2 Å². The van der Waals surface area contributed by atoms with E-state index in [4.69, 9.17) is 14.5 Å². The molecule has 2 fully saturated rings. The Balaban J connectivity index is 0.00000338. The second-order valence-corrected chi connectivity index (χ2v) is 7.61. The van der Waals surface area contributed by atoms with Crippen LogP contribution in [0.1, 0.15) is 46.5 Å². The van der Waals surface area contributed by atoms with Crippen molar-refractivity contribution in [3.63, 3.8) is 0 Å². The van der Waals surface area contributed by atoms with Crippen LogP contribution in [0.2, 0.25) is 0 Å². The van der Waals surface area contributed by atoms with Crippen molar-refractivity contribution < 1.29 is 14.6 Å². The van der Waals surface area contributed by atoms with Gasteiger partial charge in [0.2, 0.25) is 0 Å². The zero-order valence-electron chi connectivity index (χ0n) is 16.7. The summed E-state index contributed by atoms with van der Waals surface area (Å²) in [5.74, 6) is 2.04. The van der Waals surface area contributed by atoms with Crippen molar-refractivity contribution >= 4 is 29.9 Å². The number of aliphatic imine (C=N–C) groups is 1. The lowest BCUT2D eigenvalue weighted by Gasteiger charge is -2.37. The standard InChI is InChI=1S/C19H37N3O3.HI/c1-4-20-19(21-13-16(7-9-23)12-15(2)3)22-8-11-25-18(14-22)17-6-5-10-24-17;/h15-18,23H,4-14H2,1-3H3,(H,20,21);1H. The maximum atomic E-state index is 9.32. The van der Waals surface area contributed by atoms with Crippen LogP contribution in [0.3, 0.4) is 0 Å². The van der Waals surface area contributed by atoms with E-state index in [-0.39, 0.29) is 42.8 Å². The molecule has 7 heteroatoms. The van der Waals surface area contributed by atoms with Gasteiger partial charge in [0, 0.05) is 39.4 Å². The third-order valence-electron chi connectivity index (χ3n) is 4.95. The van der Waals surface area contributed by atoms with Crippen molar-refractivity contribution in [1.82, 2.24) is 10.2 Å². The Morgan fingerprint density at radius 2 is 2.04 bits per heavy atom. The molecule has 0 aromatic rings. The van der Waals surface area contributed by atoms with Gasteiger partial charge in [-0.1, -0.05) is 13.8 Å². The summed E-state index contributed by atoms with van der Waals surface area (Å²) in [7, 11) is 0. The van der Waals surface area contributed by atoms with E-state index in [0.29, 0.717) is 11.8 Å². The average Bonchev–Trinajstić information content (AvgIpc) is 3.13. The molecule has 0 aromatic heterocycles. The van der Waals surface area contributed by atoms with Crippen LogP contribution in [0, 0.1) is 11.8 Å². The molecule has 0 aromatic carbocycles. The molecule has 2 saturated heterocycles. The summed E-state index contributed by atoms with van der Waals surface area (Å²) < 4.78 is 11.8.